The lowest BCUT2D eigenvalue weighted by atomic mass is 10.2. The number of rotatable bonds is 5. The second-order valence-corrected chi connectivity index (χ2v) is 5.00. The molecule has 0 heterocycles. The van der Waals surface area contributed by atoms with Gasteiger partial charge in [-0.1, -0.05) is 29.3 Å². The molecule has 5 heteroatoms. The number of hydrogen-bond acceptors (Lipinski definition) is 3. The van der Waals surface area contributed by atoms with E-state index in [9.17, 15) is 5.11 Å². The van der Waals surface area contributed by atoms with E-state index in [2.05, 4.69) is 0 Å². The van der Waals surface area contributed by atoms with E-state index in [4.69, 9.17) is 32.7 Å². The monoisotopic (exact) mass is 312 g/mol. The number of halogens is 2. The van der Waals surface area contributed by atoms with Gasteiger partial charge in [-0.2, -0.15) is 0 Å². The minimum absolute atomic E-state index is 0.124. The Morgan fingerprint density at radius 3 is 2.50 bits per heavy atom. The molecule has 0 saturated carbocycles. The Hall–Kier alpha value is -1.42. The summed E-state index contributed by atoms with van der Waals surface area (Å²) in [5, 5.41) is 10.5. The molecule has 0 unspecified atom stereocenters. The van der Waals surface area contributed by atoms with Crippen molar-refractivity contribution in [1.29, 1.82) is 0 Å². The lowest BCUT2D eigenvalue weighted by molar-refractivity contribution is 0.258. The van der Waals surface area contributed by atoms with E-state index in [0.29, 0.717) is 33.7 Å². The Morgan fingerprint density at radius 1 is 1.05 bits per heavy atom. The number of aliphatic hydroxyl groups excluding tert-OH is 1. The van der Waals surface area contributed by atoms with E-state index in [0.717, 1.165) is 5.56 Å². The van der Waals surface area contributed by atoms with Gasteiger partial charge in [0.25, 0.3) is 0 Å². The summed E-state index contributed by atoms with van der Waals surface area (Å²) in [4.78, 5) is 0. The van der Waals surface area contributed by atoms with E-state index >= 15 is 0 Å². The molecule has 0 fully saturated rings. The molecule has 0 aliphatic rings. The second-order valence-electron chi connectivity index (χ2n) is 4.16. The summed E-state index contributed by atoms with van der Waals surface area (Å²) < 4.78 is 10.8. The standard InChI is InChI=1S/C15H14Cl2O3/c1-19-13-4-5-15(11(6-13)8-18)20-9-10-2-3-12(16)7-14(10)17/h2-7,18H,8-9H2,1H3. The lowest BCUT2D eigenvalue weighted by Crippen LogP contribution is -2.00. The molecule has 0 atom stereocenters. The van der Waals surface area contributed by atoms with Crippen LogP contribution in [0.4, 0.5) is 0 Å². The molecule has 106 valence electrons. The zero-order valence-electron chi connectivity index (χ0n) is 10.9. The molecule has 1 N–H and O–H groups in total. The third-order valence-electron chi connectivity index (χ3n) is 2.84. The van der Waals surface area contributed by atoms with Crippen molar-refractivity contribution in [3.63, 3.8) is 0 Å². The first-order chi connectivity index (χ1) is 9.63. The van der Waals surface area contributed by atoms with Gasteiger partial charge in [0.15, 0.2) is 0 Å². The highest BCUT2D eigenvalue weighted by Gasteiger charge is 2.07. The zero-order chi connectivity index (χ0) is 14.5. The SMILES string of the molecule is COc1ccc(OCc2ccc(Cl)cc2Cl)c(CO)c1. The van der Waals surface area contributed by atoms with E-state index < -0.39 is 0 Å². The molecule has 0 amide bonds. The van der Waals surface area contributed by atoms with Crippen LogP contribution in [0, 0.1) is 0 Å². The number of benzene rings is 2. The second kappa shape index (κ2) is 6.84. The normalized spacial score (nSPS) is 10.4. The molecule has 3 nitrogen and oxygen atoms in total. The summed E-state index contributed by atoms with van der Waals surface area (Å²) in [5.74, 6) is 1.27. The average Bonchev–Trinajstić information content (AvgIpc) is 2.46. The van der Waals surface area contributed by atoms with Crippen molar-refractivity contribution < 1.29 is 14.6 Å². The van der Waals surface area contributed by atoms with Crippen LogP contribution in [0.5, 0.6) is 11.5 Å². The Balaban J connectivity index is 2.14. The van der Waals surface area contributed by atoms with Gasteiger partial charge in [0.05, 0.1) is 13.7 Å². The van der Waals surface area contributed by atoms with Crippen LogP contribution in [0.25, 0.3) is 0 Å². The molecule has 20 heavy (non-hydrogen) atoms. The third kappa shape index (κ3) is 3.57. The van der Waals surface area contributed by atoms with Gasteiger partial charge in [-0.3, -0.25) is 0 Å². The highest BCUT2D eigenvalue weighted by atomic mass is 35.5. The average molecular weight is 313 g/mol. The first-order valence-corrected chi connectivity index (χ1v) is 6.74. The molecule has 2 aromatic rings. The largest absolute Gasteiger partial charge is 0.497 e. The van der Waals surface area contributed by atoms with Crippen molar-refractivity contribution in [3.05, 3.63) is 57.6 Å². The molecule has 2 aromatic carbocycles. The third-order valence-corrected chi connectivity index (χ3v) is 3.42. The van der Waals surface area contributed by atoms with Crippen LogP contribution in [0.1, 0.15) is 11.1 Å². The van der Waals surface area contributed by atoms with Gasteiger partial charge in [-0.15, -0.1) is 0 Å². The van der Waals surface area contributed by atoms with Crippen LogP contribution in [0.2, 0.25) is 10.0 Å². The Bertz CT molecular complexity index is 600. The van der Waals surface area contributed by atoms with Gasteiger partial charge in [0.1, 0.15) is 18.1 Å². The fourth-order valence-corrected chi connectivity index (χ4v) is 2.20. The maximum atomic E-state index is 9.35. The first-order valence-electron chi connectivity index (χ1n) is 5.98. The van der Waals surface area contributed by atoms with Crippen molar-refractivity contribution in [2.24, 2.45) is 0 Å². The number of aliphatic hydroxyl groups is 1. The topological polar surface area (TPSA) is 38.7 Å². The molecule has 0 aromatic heterocycles. The Kier molecular flexibility index (Phi) is 5.12. The van der Waals surface area contributed by atoms with Crippen LogP contribution in [0.3, 0.4) is 0 Å². The van der Waals surface area contributed by atoms with E-state index in [1.807, 2.05) is 6.07 Å². The van der Waals surface area contributed by atoms with Crippen LogP contribution in [-0.2, 0) is 13.2 Å². The fraction of sp³-hybridized carbons (Fsp3) is 0.200. The van der Waals surface area contributed by atoms with E-state index in [-0.39, 0.29) is 6.61 Å². The van der Waals surface area contributed by atoms with E-state index in [1.165, 1.54) is 0 Å². The molecule has 0 bridgehead atoms. The summed E-state index contributed by atoms with van der Waals surface area (Å²) >= 11 is 11.9. The van der Waals surface area contributed by atoms with Gasteiger partial charge in [0.2, 0.25) is 0 Å². The predicted octanol–water partition coefficient (Wildman–Crippen LogP) is 4.07. The Morgan fingerprint density at radius 2 is 1.85 bits per heavy atom. The quantitative estimate of drug-likeness (QED) is 0.904. The minimum atomic E-state index is -0.124. The molecule has 0 saturated heterocycles. The van der Waals surface area contributed by atoms with Crippen LogP contribution < -0.4 is 9.47 Å². The Labute approximate surface area is 127 Å². The molecule has 0 spiro atoms. The molecule has 0 aliphatic carbocycles. The highest BCUT2D eigenvalue weighted by Crippen LogP contribution is 2.27. The minimum Gasteiger partial charge on any atom is -0.497 e. The molecule has 0 aliphatic heterocycles. The van der Waals surface area contributed by atoms with Crippen molar-refractivity contribution in [3.8, 4) is 11.5 Å². The molecule has 2 rings (SSSR count). The van der Waals surface area contributed by atoms with Crippen molar-refractivity contribution in [2.45, 2.75) is 13.2 Å². The molecule has 0 radical (unpaired) electrons. The summed E-state index contributed by atoms with van der Waals surface area (Å²) in [6, 6.07) is 10.5. The summed E-state index contributed by atoms with van der Waals surface area (Å²) in [7, 11) is 1.57. The summed E-state index contributed by atoms with van der Waals surface area (Å²) in [6.07, 6.45) is 0. The first kappa shape index (κ1) is 15.0. The maximum Gasteiger partial charge on any atom is 0.125 e. The lowest BCUT2D eigenvalue weighted by Gasteiger charge is -2.12. The zero-order valence-corrected chi connectivity index (χ0v) is 12.4. The van der Waals surface area contributed by atoms with Gasteiger partial charge in [-0.05, 0) is 30.3 Å². The number of ether oxygens (including phenoxy) is 2. The van der Waals surface area contributed by atoms with Crippen molar-refractivity contribution >= 4 is 23.2 Å². The number of hydrogen-bond donors (Lipinski definition) is 1. The van der Waals surface area contributed by atoms with E-state index in [1.54, 1.807) is 37.4 Å². The van der Waals surface area contributed by atoms with Gasteiger partial charge in [-0.25, -0.2) is 0 Å². The summed E-state index contributed by atoms with van der Waals surface area (Å²) in [5.41, 5.74) is 1.49. The van der Waals surface area contributed by atoms with Gasteiger partial charge >= 0.3 is 0 Å². The van der Waals surface area contributed by atoms with Crippen LogP contribution >= 0.6 is 23.2 Å². The van der Waals surface area contributed by atoms with Gasteiger partial charge in [0, 0.05) is 21.2 Å². The molecular formula is C15H14Cl2O3. The van der Waals surface area contributed by atoms with Crippen molar-refractivity contribution in [2.75, 3.05) is 7.11 Å². The molecular weight excluding hydrogens is 299 g/mol. The smallest absolute Gasteiger partial charge is 0.125 e. The highest BCUT2D eigenvalue weighted by molar-refractivity contribution is 6.35. The maximum absolute atomic E-state index is 9.35. The number of methoxy groups -OCH3 is 1. The van der Waals surface area contributed by atoms with Crippen molar-refractivity contribution in [1.82, 2.24) is 0 Å². The fourth-order valence-electron chi connectivity index (χ4n) is 1.74. The summed E-state index contributed by atoms with van der Waals surface area (Å²) in [6.45, 7) is 0.177. The predicted molar refractivity (Wildman–Crippen MR) is 79.7 cm³/mol. The van der Waals surface area contributed by atoms with Crippen LogP contribution in [-0.4, -0.2) is 12.2 Å². The van der Waals surface area contributed by atoms with Gasteiger partial charge < -0.3 is 14.6 Å². The van der Waals surface area contributed by atoms with Crippen LogP contribution in [0.15, 0.2) is 36.4 Å².